The highest BCUT2D eigenvalue weighted by Gasteiger charge is 2.17. The van der Waals surface area contributed by atoms with Crippen molar-refractivity contribution in [2.24, 2.45) is 0 Å². The van der Waals surface area contributed by atoms with E-state index in [1.807, 2.05) is 0 Å². The lowest BCUT2D eigenvalue weighted by atomic mass is 10.1. The van der Waals surface area contributed by atoms with E-state index < -0.39 is 15.8 Å². The highest BCUT2D eigenvalue weighted by atomic mass is 35.5. The number of ether oxygens (including phenoxy) is 1. The summed E-state index contributed by atoms with van der Waals surface area (Å²) in [7, 11) is -3.84. The van der Waals surface area contributed by atoms with Gasteiger partial charge in [-0.25, -0.2) is 17.5 Å². The number of amides is 1. The number of sulfonamides is 1. The number of halogens is 2. The molecule has 2 N–H and O–H groups in total. The third kappa shape index (κ3) is 5.29. The molecular weight excluding hydrogens is 407 g/mol. The van der Waals surface area contributed by atoms with Crippen LogP contribution in [0.4, 0.5) is 4.39 Å². The maximum atomic E-state index is 13.2. The summed E-state index contributed by atoms with van der Waals surface area (Å²) >= 11 is 5.64. The minimum Gasteiger partial charge on any atom is -0.376 e. The molecule has 28 heavy (non-hydrogen) atoms. The number of carbonyl (C=O) groups is 1. The first-order valence-electron chi connectivity index (χ1n) is 8.78. The van der Waals surface area contributed by atoms with Crippen LogP contribution in [0.25, 0.3) is 0 Å². The van der Waals surface area contributed by atoms with Gasteiger partial charge in [0, 0.05) is 25.3 Å². The monoisotopic (exact) mass is 426 g/mol. The normalized spacial score (nSPS) is 16.9. The average molecular weight is 427 g/mol. The number of rotatable bonds is 7. The van der Waals surface area contributed by atoms with Crippen molar-refractivity contribution in [1.82, 2.24) is 10.0 Å². The molecule has 1 heterocycles. The third-order valence-electron chi connectivity index (χ3n) is 4.40. The average Bonchev–Trinajstić information content (AvgIpc) is 3.20. The Morgan fingerprint density at radius 1 is 1.21 bits per heavy atom. The Morgan fingerprint density at radius 2 is 1.96 bits per heavy atom. The maximum absolute atomic E-state index is 13.2. The quantitative estimate of drug-likeness (QED) is 0.713. The molecule has 0 saturated carbocycles. The van der Waals surface area contributed by atoms with E-state index in [0.717, 1.165) is 37.6 Å². The highest BCUT2D eigenvalue weighted by molar-refractivity contribution is 7.89. The number of carbonyl (C=O) groups excluding carboxylic acids is 1. The Morgan fingerprint density at radius 3 is 2.61 bits per heavy atom. The predicted octanol–water partition coefficient (Wildman–Crippen LogP) is 2.87. The molecule has 1 amide bonds. The van der Waals surface area contributed by atoms with Crippen molar-refractivity contribution in [2.45, 2.75) is 30.4 Å². The Labute approximate surface area is 168 Å². The van der Waals surface area contributed by atoms with E-state index in [1.165, 1.54) is 0 Å². The van der Waals surface area contributed by atoms with Crippen molar-refractivity contribution in [3.8, 4) is 0 Å². The molecule has 1 fully saturated rings. The van der Waals surface area contributed by atoms with E-state index >= 15 is 0 Å². The summed E-state index contributed by atoms with van der Waals surface area (Å²) in [5.74, 6) is -0.891. The number of hydrogen-bond acceptors (Lipinski definition) is 4. The molecule has 0 aliphatic carbocycles. The summed E-state index contributed by atoms with van der Waals surface area (Å²) < 4.78 is 45.7. The van der Waals surface area contributed by atoms with Gasteiger partial charge in [-0.3, -0.25) is 4.79 Å². The summed E-state index contributed by atoms with van der Waals surface area (Å²) in [5, 5.41) is 2.57. The van der Waals surface area contributed by atoms with Gasteiger partial charge in [0.25, 0.3) is 5.91 Å². The van der Waals surface area contributed by atoms with Gasteiger partial charge in [0.15, 0.2) is 0 Å². The van der Waals surface area contributed by atoms with E-state index in [0.29, 0.717) is 17.7 Å². The number of nitrogens with one attached hydrogen (secondary N) is 2. The standard InChI is InChI=1S/C19H20ClFN2O4S/c20-17-10-16(7-8-18(17)21)28(25,26)23-11-13-3-5-14(6-4-13)19(24)22-12-15-2-1-9-27-15/h3-8,10,15,23H,1-2,9,11-12H2,(H,22,24)/t15-/m0/s1. The molecule has 1 saturated heterocycles. The van der Waals surface area contributed by atoms with Crippen LogP contribution in [0.2, 0.25) is 5.02 Å². The highest BCUT2D eigenvalue weighted by Crippen LogP contribution is 2.19. The van der Waals surface area contributed by atoms with Crippen molar-refractivity contribution in [3.63, 3.8) is 0 Å². The van der Waals surface area contributed by atoms with Crippen LogP contribution in [-0.2, 0) is 21.3 Å². The van der Waals surface area contributed by atoms with Gasteiger partial charge in [-0.1, -0.05) is 23.7 Å². The molecule has 2 aromatic rings. The smallest absolute Gasteiger partial charge is 0.251 e. The van der Waals surface area contributed by atoms with Crippen LogP contribution in [0.15, 0.2) is 47.4 Å². The first kappa shape index (κ1) is 20.7. The Kier molecular flexibility index (Phi) is 6.66. The lowest BCUT2D eigenvalue weighted by molar-refractivity contribution is 0.0858. The summed E-state index contributed by atoms with van der Waals surface area (Å²) in [6.45, 7) is 1.23. The van der Waals surface area contributed by atoms with Gasteiger partial charge in [-0.05, 0) is 48.7 Å². The first-order chi connectivity index (χ1) is 13.3. The summed E-state index contributed by atoms with van der Waals surface area (Å²) in [6.07, 6.45) is 2.02. The van der Waals surface area contributed by atoms with Crippen LogP contribution >= 0.6 is 11.6 Å². The van der Waals surface area contributed by atoms with E-state index in [-0.39, 0.29) is 28.5 Å². The summed E-state index contributed by atoms with van der Waals surface area (Å²) in [4.78, 5) is 12.0. The molecule has 0 bridgehead atoms. The van der Waals surface area contributed by atoms with E-state index in [2.05, 4.69) is 10.0 Å². The second-order valence-corrected chi connectivity index (χ2v) is 8.62. The number of benzene rings is 2. The SMILES string of the molecule is O=C(NC[C@@H]1CCCO1)c1ccc(CNS(=O)(=O)c2ccc(F)c(Cl)c2)cc1. The van der Waals surface area contributed by atoms with Crippen molar-refractivity contribution < 1.29 is 22.3 Å². The van der Waals surface area contributed by atoms with Crippen molar-refractivity contribution >= 4 is 27.5 Å². The Balaban J connectivity index is 1.56. The largest absolute Gasteiger partial charge is 0.376 e. The van der Waals surface area contributed by atoms with Crippen LogP contribution < -0.4 is 10.0 Å². The Bertz CT molecular complexity index is 945. The van der Waals surface area contributed by atoms with E-state index in [1.54, 1.807) is 24.3 Å². The van der Waals surface area contributed by atoms with Crippen molar-refractivity contribution in [3.05, 3.63) is 64.4 Å². The molecule has 0 aromatic heterocycles. The minimum atomic E-state index is -3.84. The molecular formula is C19H20ClFN2O4S. The van der Waals surface area contributed by atoms with Crippen LogP contribution in [0.3, 0.4) is 0 Å². The Hall–Kier alpha value is -2.00. The third-order valence-corrected chi connectivity index (χ3v) is 6.09. The lowest BCUT2D eigenvalue weighted by Gasteiger charge is -2.11. The fourth-order valence-corrected chi connectivity index (χ4v) is 4.08. The van der Waals surface area contributed by atoms with Crippen LogP contribution in [-0.4, -0.2) is 33.6 Å². The predicted molar refractivity (Wildman–Crippen MR) is 103 cm³/mol. The maximum Gasteiger partial charge on any atom is 0.251 e. The van der Waals surface area contributed by atoms with Gasteiger partial charge in [-0.15, -0.1) is 0 Å². The van der Waals surface area contributed by atoms with Crippen molar-refractivity contribution in [2.75, 3.05) is 13.2 Å². The second-order valence-electron chi connectivity index (χ2n) is 6.44. The summed E-state index contributed by atoms with van der Waals surface area (Å²) in [6, 6.07) is 9.79. The zero-order valence-corrected chi connectivity index (χ0v) is 16.5. The topological polar surface area (TPSA) is 84.5 Å². The minimum absolute atomic E-state index is 0.0230. The van der Waals surface area contributed by atoms with Gasteiger partial charge in [-0.2, -0.15) is 0 Å². The van der Waals surface area contributed by atoms with Crippen LogP contribution in [0, 0.1) is 5.82 Å². The first-order valence-corrected chi connectivity index (χ1v) is 10.6. The molecule has 2 aromatic carbocycles. The summed E-state index contributed by atoms with van der Waals surface area (Å²) in [5.41, 5.74) is 1.15. The van der Waals surface area contributed by atoms with Crippen molar-refractivity contribution in [1.29, 1.82) is 0 Å². The van der Waals surface area contributed by atoms with E-state index in [4.69, 9.17) is 16.3 Å². The van der Waals surface area contributed by atoms with Crippen LogP contribution in [0.5, 0.6) is 0 Å². The molecule has 3 rings (SSSR count). The zero-order valence-electron chi connectivity index (χ0n) is 15.0. The molecule has 1 aliphatic heterocycles. The molecule has 0 radical (unpaired) electrons. The lowest BCUT2D eigenvalue weighted by Crippen LogP contribution is -2.31. The molecule has 0 unspecified atom stereocenters. The van der Waals surface area contributed by atoms with Gasteiger partial charge < -0.3 is 10.1 Å². The second kappa shape index (κ2) is 9.00. The number of hydrogen-bond donors (Lipinski definition) is 2. The molecule has 1 aliphatic rings. The fraction of sp³-hybridized carbons (Fsp3) is 0.316. The van der Waals surface area contributed by atoms with Gasteiger partial charge >= 0.3 is 0 Å². The van der Waals surface area contributed by atoms with Gasteiger partial charge in [0.1, 0.15) is 5.82 Å². The van der Waals surface area contributed by atoms with Gasteiger partial charge in [0.2, 0.25) is 10.0 Å². The fourth-order valence-electron chi connectivity index (χ4n) is 2.79. The molecule has 6 nitrogen and oxygen atoms in total. The zero-order chi connectivity index (χ0) is 20.1. The van der Waals surface area contributed by atoms with Crippen LogP contribution in [0.1, 0.15) is 28.8 Å². The molecule has 1 atom stereocenters. The van der Waals surface area contributed by atoms with Gasteiger partial charge in [0.05, 0.1) is 16.0 Å². The van der Waals surface area contributed by atoms with E-state index in [9.17, 15) is 17.6 Å². The molecule has 9 heteroatoms. The molecule has 0 spiro atoms. The molecule has 150 valence electrons.